The van der Waals surface area contributed by atoms with Crippen molar-refractivity contribution >= 4 is 41.0 Å². The number of aromatic nitrogens is 3. The zero-order chi connectivity index (χ0) is 21.5. The van der Waals surface area contributed by atoms with Crippen molar-refractivity contribution in [1.29, 1.82) is 0 Å². The highest BCUT2D eigenvalue weighted by Crippen LogP contribution is 2.29. The van der Waals surface area contributed by atoms with Crippen LogP contribution in [0.25, 0.3) is 0 Å². The summed E-state index contributed by atoms with van der Waals surface area (Å²) in [5.41, 5.74) is 2.90. The lowest BCUT2D eigenvalue weighted by atomic mass is 10.2. The number of benzene rings is 1. The second-order valence-corrected chi connectivity index (χ2v) is 6.58. The van der Waals surface area contributed by atoms with Gasteiger partial charge in [0.2, 0.25) is 0 Å². The molecule has 2 heterocycles. The van der Waals surface area contributed by atoms with Crippen LogP contribution in [-0.4, -0.2) is 51.1 Å². The van der Waals surface area contributed by atoms with Gasteiger partial charge >= 0.3 is 5.97 Å². The first-order valence-electron chi connectivity index (χ1n) is 8.23. The van der Waals surface area contributed by atoms with Crippen molar-refractivity contribution in [2.45, 2.75) is 6.54 Å². The molecule has 12 nitrogen and oxygen atoms in total. The van der Waals surface area contributed by atoms with Gasteiger partial charge in [0, 0.05) is 6.08 Å². The van der Waals surface area contributed by atoms with E-state index in [1.165, 1.54) is 42.8 Å². The van der Waals surface area contributed by atoms with E-state index in [-0.39, 0.29) is 22.9 Å². The smallest absolute Gasteiger partial charge is 0.337 e. The Morgan fingerprint density at radius 2 is 2.17 bits per heavy atom. The van der Waals surface area contributed by atoms with Gasteiger partial charge in [-0.25, -0.2) is 19.9 Å². The van der Waals surface area contributed by atoms with Crippen LogP contribution in [0.2, 0.25) is 0 Å². The molecule has 30 heavy (non-hydrogen) atoms. The van der Waals surface area contributed by atoms with Crippen LogP contribution in [0.4, 0.5) is 4.79 Å². The molecule has 0 atom stereocenters. The minimum atomic E-state index is -0.845. The Kier molecular flexibility index (Phi) is 6.54. The van der Waals surface area contributed by atoms with Gasteiger partial charge in [-0.1, -0.05) is 0 Å². The lowest BCUT2D eigenvalue weighted by Gasteiger charge is -2.08. The number of imide groups is 1. The van der Waals surface area contributed by atoms with E-state index in [9.17, 15) is 19.2 Å². The third kappa shape index (κ3) is 5.51. The molecule has 13 heteroatoms. The van der Waals surface area contributed by atoms with Crippen molar-refractivity contribution in [3.8, 4) is 11.5 Å². The van der Waals surface area contributed by atoms with Crippen LogP contribution in [0.1, 0.15) is 5.56 Å². The summed E-state index contributed by atoms with van der Waals surface area (Å²) < 4.78 is 11.7. The molecule has 1 aromatic carbocycles. The summed E-state index contributed by atoms with van der Waals surface area (Å²) in [6.45, 7) is -0.0348. The molecule has 1 fully saturated rings. The first-order chi connectivity index (χ1) is 14.4. The summed E-state index contributed by atoms with van der Waals surface area (Å²) in [5, 5.41) is 9.12. The lowest BCUT2D eigenvalue weighted by Crippen LogP contribution is -2.23. The second-order valence-electron chi connectivity index (χ2n) is 5.57. The highest BCUT2D eigenvalue weighted by Gasteiger charge is 2.26. The largest absolute Gasteiger partial charge is 0.493 e. The number of methoxy groups -OCH3 is 1. The van der Waals surface area contributed by atoms with Crippen molar-refractivity contribution in [1.82, 2.24) is 25.5 Å². The number of hydrazone groups is 1. The summed E-state index contributed by atoms with van der Waals surface area (Å²) in [6.07, 6.45) is 5.01. The molecule has 3 amide bonds. The molecule has 0 radical (unpaired) electrons. The number of thioether (sulfide) groups is 1. The summed E-state index contributed by atoms with van der Waals surface area (Å²) in [4.78, 5) is 50.0. The molecule has 0 bridgehead atoms. The molecule has 0 unspecified atom stereocenters. The van der Waals surface area contributed by atoms with Gasteiger partial charge in [0.15, 0.2) is 11.5 Å². The Labute approximate surface area is 173 Å². The Bertz CT molecular complexity index is 1050. The van der Waals surface area contributed by atoms with Crippen LogP contribution < -0.4 is 20.2 Å². The van der Waals surface area contributed by atoms with E-state index < -0.39 is 23.0 Å². The molecular formula is C17H14N6O6S. The van der Waals surface area contributed by atoms with E-state index in [0.717, 1.165) is 6.08 Å². The monoisotopic (exact) mass is 430 g/mol. The standard InChI is InChI=1S/C17H14N6O6S/c1-28-12-4-10(6-19-22-14(24)7-23-9-18-8-20-23)2-3-11(12)29-15(25)5-13-16(26)21-17(27)30-13/h2-6,8-9H,7H2,1H3,(H,22,24)(H,21,26,27). The van der Waals surface area contributed by atoms with Crippen molar-refractivity contribution in [3.05, 3.63) is 47.4 Å². The highest BCUT2D eigenvalue weighted by atomic mass is 32.2. The Morgan fingerprint density at radius 1 is 1.33 bits per heavy atom. The number of ether oxygens (including phenoxy) is 2. The molecule has 0 saturated carbocycles. The summed E-state index contributed by atoms with van der Waals surface area (Å²) in [5.74, 6) is -1.58. The van der Waals surface area contributed by atoms with E-state index in [2.05, 4.69) is 20.6 Å². The number of rotatable bonds is 7. The topological polar surface area (TPSA) is 154 Å². The molecule has 1 saturated heterocycles. The predicted molar refractivity (Wildman–Crippen MR) is 104 cm³/mol. The maximum atomic E-state index is 12.0. The fourth-order valence-electron chi connectivity index (χ4n) is 2.19. The van der Waals surface area contributed by atoms with Crippen LogP contribution in [0, 0.1) is 0 Å². The van der Waals surface area contributed by atoms with Crippen molar-refractivity contribution in [2.24, 2.45) is 5.10 Å². The van der Waals surface area contributed by atoms with Gasteiger partial charge in [-0.3, -0.25) is 19.7 Å². The highest BCUT2D eigenvalue weighted by molar-refractivity contribution is 8.18. The number of hydrogen-bond donors (Lipinski definition) is 2. The van der Waals surface area contributed by atoms with Crippen LogP contribution in [0.3, 0.4) is 0 Å². The van der Waals surface area contributed by atoms with E-state index in [1.807, 2.05) is 5.32 Å². The van der Waals surface area contributed by atoms with Crippen molar-refractivity contribution in [3.63, 3.8) is 0 Å². The fourth-order valence-corrected chi connectivity index (χ4v) is 2.83. The first kappa shape index (κ1) is 20.7. The number of amides is 3. The van der Waals surface area contributed by atoms with Gasteiger partial charge in [0.05, 0.1) is 18.2 Å². The molecule has 3 rings (SSSR count). The Balaban J connectivity index is 1.61. The quantitative estimate of drug-likeness (QED) is 0.206. The average Bonchev–Trinajstić information content (AvgIpc) is 3.32. The zero-order valence-electron chi connectivity index (χ0n) is 15.4. The summed E-state index contributed by atoms with van der Waals surface area (Å²) >= 11 is 0.606. The third-order valence-corrected chi connectivity index (χ3v) is 4.27. The minimum absolute atomic E-state index is 0.0348. The maximum Gasteiger partial charge on any atom is 0.337 e. The lowest BCUT2D eigenvalue weighted by molar-refractivity contribution is -0.129. The first-order valence-corrected chi connectivity index (χ1v) is 9.05. The maximum absolute atomic E-state index is 12.0. The number of carbonyl (C=O) groups excluding carboxylic acids is 4. The number of esters is 1. The minimum Gasteiger partial charge on any atom is -0.493 e. The Morgan fingerprint density at radius 3 is 2.83 bits per heavy atom. The molecule has 0 aliphatic carbocycles. The molecule has 154 valence electrons. The number of hydrogen-bond acceptors (Lipinski definition) is 10. The third-order valence-electron chi connectivity index (χ3n) is 3.46. The summed E-state index contributed by atoms with van der Waals surface area (Å²) in [7, 11) is 1.38. The van der Waals surface area contributed by atoms with Crippen LogP contribution in [0.15, 0.2) is 46.9 Å². The molecule has 0 spiro atoms. The van der Waals surface area contributed by atoms with E-state index >= 15 is 0 Å². The molecule has 1 aromatic heterocycles. The van der Waals surface area contributed by atoms with Gasteiger partial charge < -0.3 is 9.47 Å². The van der Waals surface area contributed by atoms with Crippen LogP contribution in [0.5, 0.6) is 11.5 Å². The fraction of sp³-hybridized carbons (Fsp3) is 0.118. The van der Waals surface area contributed by atoms with Crippen LogP contribution in [-0.2, 0) is 20.9 Å². The molecule has 1 aliphatic rings. The molecule has 2 aromatic rings. The van der Waals surface area contributed by atoms with E-state index in [1.54, 1.807) is 6.07 Å². The van der Waals surface area contributed by atoms with Gasteiger partial charge in [0.25, 0.3) is 17.1 Å². The Hall–Kier alpha value is -4.00. The normalized spacial score (nSPS) is 14.8. The van der Waals surface area contributed by atoms with E-state index in [0.29, 0.717) is 17.3 Å². The number of nitrogens with one attached hydrogen (secondary N) is 2. The van der Waals surface area contributed by atoms with Crippen molar-refractivity contribution in [2.75, 3.05) is 7.11 Å². The van der Waals surface area contributed by atoms with Gasteiger partial charge in [-0.15, -0.1) is 0 Å². The summed E-state index contributed by atoms with van der Waals surface area (Å²) in [6, 6.07) is 4.57. The number of carbonyl (C=O) groups is 4. The second kappa shape index (κ2) is 9.47. The molecule has 1 aliphatic heterocycles. The zero-order valence-corrected chi connectivity index (χ0v) is 16.2. The number of nitrogens with zero attached hydrogens (tertiary/aromatic N) is 4. The van der Waals surface area contributed by atoms with Gasteiger partial charge in [-0.2, -0.15) is 10.2 Å². The average molecular weight is 430 g/mol. The molecular weight excluding hydrogens is 416 g/mol. The van der Waals surface area contributed by atoms with Gasteiger partial charge in [0.1, 0.15) is 19.2 Å². The van der Waals surface area contributed by atoms with Gasteiger partial charge in [-0.05, 0) is 35.5 Å². The van der Waals surface area contributed by atoms with E-state index in [4.69, 9.17) is 9.47 Å². The molecule has 2 N–H and O–H groups in total. The predicted octanol–water partition coefficient (Wildman–Crippen LogP) is 0.209. The van der Waals surface area contributed by atoms with Crippen molar-refractivity contribution < 1.29 is 28.7 Å². The SMILES string of the molecule is COc1cc(C=NNC(=O)Cn2cncn2)ccc1OC(=O)C=C1SC(=O)NC1=O. The van der Waals surface area contributed by atoms with Crippen LogP contribution >= 0.6 is 11.8 Å².